The lowest BCUT2D eigenvalue weighted by Crippen LogP contribution is -2.65. The zero-order valence-corrected chi connectivity index (χ0v) is 11.0. The number of hydrogen-bond acceptors (Lipinski definition) is 2. The molecule has 1 unspecified atom stereocenters. The van der Waals surface area contributed by atoms with Crippen molar-refractivity contribution < 1.29 is 4.74 Å². The van der Waals surface area contributed by atoms with Crippen LogP contribution in [-0.2, 0) is 4.74 Å². The Morgan fingerprint density at radius 2 is 1.80 bits per heavy atom. The lowest BCUT2D eigenvalue weighted by molar-refractivity contribution is -0.157. The Morgan fingerprint density at radius 3 is 2.20 bits per heavy atom. The Bertz CT molecular complexity index is 199. The molecular weight excluding hydrogens is 186 g/mol. The number of rotatable bonds is 1. The molecule has 2 aliphatic rings. The molecule has 2 fully saturated rings. The van der Waals surface area contributed by atoms with Crippen LogP contribution in [-0.4, -0.2) is 25.3 Å². The van der Waals surface area contributed by atoms with Gasteiger partial charge in [0.15, 0.2) is 0 Å². The van der Waals surface area contributed by atoms with Crippen LogP contribution in [0, 0.1) is 11.3 Å². The molecular formula is C13H27NO. The van der Waals surface area contributed by atoms with Crippen molar-refractivity contribution in [2.24, 2.45) is 11.3 Å². The van der Waals surface area contributed by atoms with Gasteiger partial charge in [0.1, 0.15) is 0 Å². The normalized spacial score (nSPS) is 33.2. The molecule has 2 rings (SSSR count). The number of hydrogen-bond donors (Lipinski definition) is 1. The van der Waals surface area contributed by atoms with E-state index in [4.69, 9.17) is 4.74 Å². The van der Waals surface area contributed by atoms with Crippen LogP contribution in [0.1, 0.15) is 47.5 Å². The van der Waals surface area contributed by atoms with E-state index in [1.54, 1.807) is 0 Å². The van der Waals surface area contributed by atoms with Crippen LogP contribution in [0.15, 0.2) is 0 Å². The largest absolute Gasteiger partial charge is 0.372 e. The highest BCUT2D eigenvalue weighted by Gasteiger charge is 2.48. The molecule has 1 spiro atoms. The van der Waals surface area contributed by atoms with Crippen molar-refractivity contribution in [1.82, 2.24) is 5.32 Å². The highest BCUT2D eigenvalue weighted by Crippen LogP contribution is 2.45. The Balaban J connectivity index is 0.000000531. The van der Waals surface area contributed by atoms with Crippen LogP contribution < -0.4 is 5.32 Å². The maximum atomic E-state index is 5.88. The summed E-state index contributed by atoms with van der Waals surface area (Å²) < 4.78 is 5.88. The highest BCUT2D eigenvalue weighted by molar-refractivity contribution is 5.02. The molecule has 2 nitrogen and oxygen atoms in total. The van der Waals surface area contributed by atoms with E-state index < -0.39 is 0 Å². The van der Waals surface area contributed by atoms with Gasteiger partial charge in [-0.2, -0.15) is 0 Å². The monoisotopic (exact) mass is 213 g/mol. The molecule has 0 aromatic rings. The van der Waals surface area contributed by atoms with E-state index in [9.17, 15) is 0 Å². The average molecular weight is 213 g/mol. The van der Waals surface area contributed by atoms with Gasteiger partial charge in [-0.1, -0.05) is 34.6 Å². The van der Waals surface area contributed by atoms with E-state index >= 15 is 0 Å². The maximum absolute atomic E-state index is 5.88. The van der Waals surface area contributed by atoms with Gasteiger partial charge in [0, 0.05) is 19.7 Å². The lowest BCUT2D eigenvalue weighted by Gasteiger charge is -2.53. The molecule has 0 bridgehead atoms. The first kappa shape index (κ1) is 13.0. The van der Waals surface area contributed by atoms with Gasteiger partial charge in [0.25, 0.3) is 0 Å². The Kier molecular flexibility index (Phi) is 4.19. The molecule has 1 N–H and O–H groups in total. The molecule has 90 valence electrons. The highest BCUT2D eigenvalue weighted by atomic mass is 16.5. The van der Waals surface area contributed by atoms with Crippen LogP contribution in [0.2, 0.25) is 0 Å². The third-order valence-corrected chi connectivity index (χ3v) is 4.10. The van der Waals surface area contributed by atoms with E-state index in [-0.39, 0.29) is 5.60 Å². The van der Waals surface area contributed by atoms with Gasteiger partial charge in [0.05, 0.1) is 5.60 Å². The van der Waals surface area contributed by atoms with Crippen molar-refractivity contribution in [3.8, 4) is 0 Å². The second-order valence-electron chi connectivity index (χ2n) is 5.37. The molecule has 0 saturated carbocycles. The minimum absolute atomic E-state index is 0.206. The summed E-state index contributed by atoms with van der Waals surface area (Å²) in [6.45, 7) is 14.2. The summed E-state index contributed by atoms with van der Waals surface area (Å²) in [6.07, 6.45) is 2.47. The fourth-order valence-corrected chi connectivity index (χ4v) is 2.50. The van der Waals surface area contributed by atoms with Crippen molar-refractivity contribution in [3.63, 3.8) is 0 Å². The summed E-state index contributed by atoms with van der Waals surface area (Å²) in [4.78, 5) is 0. The minimum atomic E-state index is 0.206. The smallest absolute Gasteiger partial charge is 0.0935 e. The standard InChI is InChI=1S/C11H21NO.C2H6/c1-9(2)10(3)4-5-13-11(6-10)7-12-8-11;1-2/h9,12H,4-8H2,1-3H3;1-2H3. The molecule has 0 radical (unpaired) electrons. The maximum Gasteiger partial charge on any atom is 0.0935 e. The lowest BCUT2D eigenvalue weighted by atomic mass is 9.66. The van der Waals surface area contributed by atoms with Gasteiger partial charge in [-0.3, -0.25) is 0 Å². The van der Waals surface area contributed by atoms with Gasteiger partial charge >= 0.3 is 0 Å². The van der Waals surface area contributed by atoms with Crippen LogP contribution in [0.3, 0.4) is 0 Å². The van der Waals surface area contributed by atoms with Crippen LogP contribution in [0.5, 0.6) is 0 Å². The van der Waals surface area contributed by atoms with Gasteiger partial charge in [-0.05, 0) is 24.2 Å². The first-order chi connectivity index (χ1) is 7.06. The molecule has 1 atom stereocenters. The van der Waals surface area contributed by atoms with Gasteiger partial charge in [-0.25, -0.2) is 0 Å². The van der Waals surface area contributed by atoms with E-state index in [0.29, 0.717) is 5.41 Å². The molecule has 2 aliphatic heterocycles. The summed E-state index contributed by atoms with van der Waals surface area (Å²) in [5, 5.41) is 3.32. The van der Waals surface area contributed by atoms with E-state index in [1.165, 1.54) is 12.8 Å². The Morgan fingerprint density at radius 1 is 1.20 bits per heavy atom. The predicted octanol–water partition coefficient (Wildman–Crippen LogP) is 2.83. The van der Waals surface area contributed by atoms with Gasteiger partial charge in [0.2, 0.25) is 0 Å². The van der Waals surface area contributed by atoms with Crippen molar-refractivity contribution in [3.05, 3.63) is 0 Å². The summed E-state index contributed by atoms with van der Waals surface area (Å²) in [5.41, 5.74) is 0.706. The van der Waals surface area contributed by atoms with E-state index in [0.717, 1.165) is 25.6 Å². The fourth-order valence-electron chi connectivity index (χ4n) is 2.50. The van der Waals surface area contributed by atoms with Crippen molar-refractivity contribution in [2.45, 2.75) is 53.1 Å². The minimum Gasteiger partial charge on any atom is -0.372 e. The van der Waals surface area contributed by atoms with Crippen LogP contribution in [0.4, 0.5) is 0 Å². The average Bonchev–Trinajstić information content (AvgIpc) is 2.18. The van der Waals surface area contributed by atoms with E-state index in [2.05, 4.69) is 26.1 Å². The SMILES string of the molecule is CC.CC(C)C1(C)CCOC2(CNC2)C1. The molecule has 2 heterocycles. The molecule has 2 saturated heterocycles. The zero-order valence-electron chi connectivity index (χ0n) is 11.0. The first-order valence-electron chi connectivity index (χ1n) is 6.41. The summed E-state index contributed by atoms with van der Waals surface area (Å²) in [5.74, 6) is 0.772. The number of nitrogens with one attached hydrogen (secondary N) is 1. The topological polar surface area (TPSA) is 21.3 Å². The third-order valence-electron chi connectivity index (χ3n) is 4.10. The Hall–Kier alpha value is -0.0800. The third kappa shape index (κ3) is 2.54. The second kappa shape index (κ2) is 4.84. The predicted molar refractivity (Wildman–Crippen MR) is 65.1 cm³/mol. The Labute approximate surface area is 94.8 Å². The fraction of sp³-hybridized carbons (Fsp3) is 1.00. The molecule has 0 aliphatic carbocycles. The van der Waals surface area contributed by atoms with Crippen molar-refractivity contribution >= 4 is 0 Å². The van der Waals surface area contributed by atoms with Crippen LogP contribution in [0.25, 0.3) is 0 Å². The second-order valence-corrected chi connectivity index (χ2v) is 5.37. The zero-order chi connectivity index (χ0) is 11.5. The van der Waals surface area contributed by atoms with Gasteiger partial charge < -0.3 is 10.1 Å². The van der Waals surface area contributed by atoms with Crippen LogP contribution >= 0.6 is 0 Å². The molecule has 0 aromatic heterocycles. The summed E-state index contributed by atoms with van der Waals surface area (Å²) >= 11 is 0. The van der Waals surface area contributed by atoms with Crippen molar-refractivity contribution in [1.29, 1.82) is 0 Å². The van der Waals surface area contributed by atoms with E-state index in [1.807, 2.05) is 13.8 Å². The van der Waals surface area contributed by atoms with Gasteiger partial charge in [-0.15, -0.1) is 0 Å². The number of ether oxygens (including phenoxy) is 1. The van der Waals surface area contributed by atoms with Crippen molar-refractivity contribution in [2.75, 3.05) is 19.7 Å². The summed E-state index contributed by atoms with van der Waals surface area (Å²) in [7, 11) is 0. The molecule has 0 aromatic carbocycles. The quantitative estimate of drug-likeness (QED) is 0.723. The molecule has 15 heavy (non-hydrogen) atoms. The molecule has 2 heteroatoms. The summed E-state index contributed by atoms with van der Waals surface area (Å²) in [6, 6.07) is 0. The molecule has 0 amide bonds. The first-order valence-corrected chi connectivity index (χ1v) is 6.41.